The summed E-state index contributed by atoms with van der Waals surface area (Å²) >= 11 is 0. The molecule has 0 aromatic heterocycles. The zero-order chi connectivity index (χ0) is 22.3. The monoisotopic (exact) mass is 428 g/mol. The number of rotatable bonds is 4. The van der Waals surface area contributed by atoms with Gasteiger partial charge in [-0.25, -0.2) is 0 Å². The largest absolute Gasteiger partial charge is 0.393 e. The lowest BCUT2D eigenvalue weighted by Gasteiger charge is -2.62. The zero-order valence-electron chi connectivity index (χ0n) is 21.7. The Labute approximate surface area is 193 Å². The van der Waals surface area contributed by atoms with Gasteiger partial charge in [-0.2, -0.15) is 0 Å². The molecule has 5 rings (SSSR count). The summed E-state index contributed by atoms with van der Waals surface area (Å²) in [6.07, 6.45) is 12.7. The number of hydrogen-bond donors (Lipinski definition) is 1. The van der Waals surface area contributed by atoms with E-state index in [9.17, 15) is 5.11 Å². The Hall–Kier alpha value is -0.0400. The Morgan fingerprint density at radius 3 is 2.10 bits per heavy atom. The van der Waals surface area contributed by atoms with Crippen molar-refractivity contribution in [2.45, 2.75) is 112 Å². The van der Waals surface area contributed by atoms with Crippen molar-refractivity contribution in [1.82, 2.24) is 0 Å². The highest BCUT2D eigenvalue weighted by Gasteiger charge is 2.62. The fourth-order valence-electron chi connectivity index (χ4n) is 10.9. The summed E-state index contributed by atoms with van der Waals surface area (Å²) in [5, 5.41) is 10.6. The molecule has 0 heterocycles. The van der Waals surface area contributed by atoms with Crippen molar-refractivity contribution in [3.63, 3.8) is 0 Å². The van der Waals surface area contributed by atoms with Gasteiger partial charge in [-0.1, -0.05) is 48.5 Å². The van der Waals surface area contributed by atoms with E-state index >= 15 is 0 Å². The van der Waals surface area contributed by atoms with E-state index in [4.69, 9.17) is 0 Å². The second-order valence-electron chi connectivity index (χ2n) is 14.3. The highest BCUT2D eigenvalue weighted by Crippen LogP contribution is 2.70. The van der Waals surface area contributed by atoms with Gasteiger partial charge in [0.25, 0.3) is 0 Å². The van der Waals surface area contributed by atoms with Gasteiger partial charge in [0.1, 0.15) is 0 Å². The Morgan fingerprint density at radius 2 is 1.39 bits per heavy atom. The summed E-state index contributed by atoms with van der Waals surface area (Å²) in [4.78, 5) is 0. The second kappa shape index (κ2) is 7.74. The minimum absolute atomic E-state index is 0.0417. The van der Waals surface area contributed by atoms with Crippen LogP contribution in [0.1, 0.15) is 106 Å². The predicted molar refractivity (Wildman–Crippen MR) is 131 cm³/mol. The van der Waals surface area contributed by atoms with E-state index in [0.29, 0.717) is 16.7 Å². The number of aliphatic hydroxyl groups excluding tert-OH is 1. The van der Waals surface area contributed by atoms with Crippen molar-refractivity contribution in [3.05, 3.63) is 0 Å². The van der Waals surface area contributed by atoms with Gasteiger partial charge in [0.15, 0.2) is 0 Å². The molecule has 0 saturated heterocycles. The lowest BCUT2D eigenvalue weighted by molar-refractivity contribution is -0.149. The second-order valence-corrected chi connectivity index (χ2v) is 14.3. The number of hydrogen-bond acceptors (Lipinski definition) is 1. The van der Waals surface area contributed by atoms with Gasteiger partial charge in [0.2, 0.25) is 0 Å². The summed E-state index contributed by atoms with van der Waals surface area (Å²) in [5.41, 5.74) is 1.11. The van der Waals surface area contributed by atoms with E-state index in [0.717, 1.165) is 65.6 Å². The van der Waals surface area contributed by atoms with Crippen molar-refractivity contribution in [2.75, 3.05) is 0 Å². The first-order valence-electron chi connectivity index (χ1n) is 14.3. The summed E-state index contributed by atoms with van der Waals surface area (Å²) in [7, 11) is 0. The normalized spacial score (nSPS) is 55.8. The van der Waals surface area contributed by atoms with Crippen molar-refractivity contribution in [3.8, 4) is 0 Å². The summed E-state index contributed by atoms with van der Waals surface area (Å²) in [6, 6.07) is 0. The molecular weight excluding hydrogens is 376 g/mol. The molecule has 0 aromatic rings. The molecule has 0 bridgehead atoms. The van der Waals surface area contributed by atoms with Crippen LogP contribution < -0.4 is 0 Å². The van der Waals surface area contributed by atoms with Crippen LogP contribution in [0.4, 0.5) is 0 Å². The molecule has 178 valence electrons. The van der Waals surface area contributed by atoms with E-state index in [1.165, 1.54) is 51.4 Å². The Balaban J connectivity index is 1.32. The molecule has 0 amide bonds. The molecule has 5 saturated carbocycles. The first-order chi connectivity index (χ1) is 14.6. The molecule has 5 fully saturated rings. The molecule has 1 N–H and O–H groups in total. The Bertz CT molecular complexity index is 669. The van der Waals surface area contributed by atoms with E-state index in [1.54, 1.807) is 0 Å². The van der Waals surface area contributed by atoms with Crippen LogP contribution in [0, 0.1) is 75.9 Å². The lowest BCUT2D eigenvalue weighted by atomic mass is 9.43. The maximum Gasteiger partial charge on any atom is 0.0568 e. The molecule has 0 radical (unpaired) electrons. The van der Waals surface area contributed by atoms with Crippen LogP contribution in [0.5, 0.6) is 0 Å². The van der Waals surface area contributed by atoms with E-state index in [2.05, 4.69) is 48.5 Å². The van der Waals surface area contributed by atoms with Gasteiger partial charge >= 0.3 is 0 Å². The van der Waals surface area contributed by atoms with Gasteiger partial charge in [-0.3, -0.25) is 0 Å². The third kappa shape index (κ3) is 3.32. The predicted octanol–water partition coefficient (Wildman–Crippen LogP) is 7.82. The quantitative estimate of drug-likeness (QED) is 0.484. The van der Waals surface area contributed by atoms with Crippen LogP contribution in [0.3, 0.4) is 0 Å². The molecule has 5 aliphatic carbocycles. The average Bonchev–Trinajstić information content (AvgIpc) is 3.44. The highest BCUT2D eigenvalue weighted by atomic mass is 16.3. The first kappa shape index (κ1) is 22.7. The van der Waals surface area contributed by atoms with Crippen LogP contribution >= 0.6 is 0 Å². The van der Waals surface area contributed by atoms with Gasteiger partial charge in [-0.05, 0) is 134 Å². The molecule has 13 atom stereocenters. The van der Waals surface area contributed by atoms with Crippen LogP contribution in [-0.4, -0.2) is 11.2 Å². The molecule has 0 spiro atoms. The zero-order valence-corrected chi connectivity index (χ0v) is 21.7. The van der Waals surface area contributed by atoms with Gasteiger partial charge in [0.05, 0.1) is 6.10 Å². The molecule has 5 aliphatic rings. The Morgan fingerprint density at radius 1 is 0.742 bits per heavy atom. The minimum Gasteiger partial charge on any atom is -0.393 e. The average molecular weight is 429 g/mol. The third-order valence-electron chi connectivity index (χ3n) is 13.2. The highest BCUT2D eigenvalue weighted by molar-refractivity contribution is 5.11. The van der Waals surface area contributed by atoms with Gasteiger partial charge < -0.3 is 5.11 Å². The molecule has 0 aromatic carbocycles. The molecule has 1 nitrogen and oxygen atoms in total. The minimum atomic E-state index is -0.0417. The van der Waals surface area contributed by atoms with E-state index in [-0.39, 0.29) is 6.10 Å². The van der Waals surface area contributed by atoms with Gasteiger partial charge in [0, 0.05) is 0 Å². The van der Waals surface area contributed by atoms with Crippen molar-refractivity contribution in [2.24, 2.45) is 75.9 Å². The van der Waals surface area contributed by atoms with E-state index < -0.39 is 0 Å². The molecule has 0 aliphatic heterocycles. The van der Waals surface area contributed by atoms with Crippen molar-refractivity contribution >= 4 is 0 Å². The first-order valence-corrected chi connectivity index (χ1v) is 14.3. The van der Waals surface area contributed by atoms with Gasteiger partial charge in [-0.15, -0.1) is 0 Å². The van der Waals surface area contributed by atoms with Crippen molar-refractivity contribution < 1.29 is 5.11 Å². The van der Waals surface area contributed by atoms with Crippen LogP contribution in [0.15, 0.2) is 0 Å². The number of fused-ring (bicyclic) bond motifs is 5. The third-order valence-corrected chi connectivity index (χ3v) is 13.2. The summed E-state index contributed by atoms with van der Waals surface area (Å²) < 4.78 is 0. The van der Waals surface area contributed by atoms with Crippen LogP contribution in [-0.2, 0) is 0 Å². The van der Waals surface area contributed by atoms with E-state index in [1.807, 2.05) is 0 Å². The summed E-state index contributed by atoms with van der Waals surface area (Å²) in [6.45, 7) is 17.8. The molecule has 13 unspecified atom stereocenters. The SMILES string of the molecule is CC(C)C(C)C1CC1C(C)C1CCC2C3CCC4C(C)C(O)CCC4(C)C3CCC12C. The lowest BCUT2D eigenvalue weighted by Crippen LogP contribution is -2.56. The maximum atomic E-state index is 10.6. The Kier molecular flexibility index (Phi) is 5.68. The van der Waals surface area contributed by atoms with Crippen molar-refractivity contribution in [1.29, 1.82) is 0 Å². The molecule has 31 heavy (non-hydrogen) atoms. The number of aliphatic hydroxyl groups is 1. The molecule has 1 heteroatoms. The molecular formula is C30H52O. The van der Waals surface area contributed by atoms with Crippen LogP contribution in [0.25, 0.3) is 0 Å². The standard InChI is InChI=1S/C30H52O/c1-17(2)18(3)22-16-23(22)19(4)24-10-11-26-21-8-9-25-20(5)28(31)13-15-30(25,7)27(21)12-14-29(24,26)6/h17-28,31H,8-16H2,1-7H3. The topological polar surface area (TPSA) is 20.2 Å². The van der Waals surface area contributed by atoms with Crippen LogP contribution in [0.2, 0.25) is 0 Å². The summed E-state index contributed by atoms with van der Waals surface area (Å²) in [5.74, 6) is 9.87. The smallest absolute Gasteiger partial charge is 0.0568 e. The maximum absolute atomic E-state index is 10.6. The fourth-order valence-corrected chi connectivity index (χ4v) is 10.9. The fraction of sp³-hybridized carbons (Fsp3) is 1.00.